The van der Waals surface area contributed by atoms with Crippen molar-refractivity contribution in [3.63, 3.8) is 0 Å². The van der Waals surface area contributed by atoms with Crippen molar-refractivity contribution >= 4 is 23.5 Å². The predicted octanol–water partition coefficient (Wildman–Crippen LogP) is 2.93. The number of hydrogen-bond donors (Lipinski definition) is 0. The van der Waals surface area contributed by atoms with Crippen LogP contribution in [0, 0.1) is 10.1 Å². The van der Waals surface area contributed by atoms with Crippen molar-refractivity contribution in [2.45, 2.75) is 0 Å². The highest BCUT2D eigenvalue weighted by atomic mass is 32.2. The Hall–Kier alpha value is -1.29. The van der Waals surface area contributed by atoms with Crippen LogP contribution in [0.15, 0.2) is 29.7 Å². The first-order valence-electron chi connectivity index (χ1n) is 3.68. The van der Waals surface area contributed by atoms with Crippen LogP contribution in [0.2, 0.25) is 0 Å². The normalized spacial score (nSPS) is 10.5. The summed E-state index contributed by atoms with van der Waals surface area (Å²) in [6.45, 7) is 0. The van der Waals surface area contributed by atoms with Crippen molar-refractivity contribution in [2.24, 2.45) is 0 Å². The summed E-state index contributed by atoms with van der Waals surface area (Å²) in [5, 5.41) is 12.3. The largest absolute Gasteiger partial charge is 0.270 e. The molecule has 0 bridgehead atoms. The van der Waals surface area contributed by atoms with E-state index in [2.05, 4.69) is 0 Å². The van der Waals surface area contributed by atoms with Gasteiger partial charge in [0.2, 0.25) is 0 Å². The highest BCUT2D eigenvalue weighted by molar-refractivity contribution is 8.01. The fourth-order valence-corrected chi connectivity index (χ4v) is 1.18. The van der Waals surface area contributed by atoms with E-state index in [1.807, 2.05) is 23.8 Å². The molecule has 0 saturated carbocycles. The van der Waals surface area contributed by atoms with E-state index in [9.17, 15) is 10.1 Å². The average molecular weight is 195 g/mol. The van der Waals surface area contributed by atoms with E-state index >= 15 is 0 Å². The molecule has 0 aliphatic carbocycles. The Morgan fingerprint density at radius 3 is 2.92 bits per heavy atom. The second-order valence-electron chi connectivity index (χ2n) is 2.39. The van der Waals surface area contributed by atoms with Crippen molar-refractivity contribution in [1.29, 1.82) is 0 Å². The van der Waals surface area contributed by atoms with E-state index in [4.69, 9.17) is 0 Å². The Kier molecular flexibility index (Phi) is 3.52. The SMILES string of the molecule is CS/C=C/c1cccc([N+](=O)[O-])c1. The number of non-ortho nitro benzene ring substituents is 1. The zero-order chi connectivity index (χ0) is 9.68. The minimum absolute atomic E-state index is 0.128. The molecule has 1 aromatic rings. The van der Waals surface area contributed by atoms with Gasteiger partial charge in [0.1, 0.15) is 0 Å². The zero-order valence-electron chi connectivity index (χ0n) is 7.14. The molecule has 0 saturated heterocycles. The molecule has 0 radical (unpaired) electrons. The summed E-state index contributed by atoms with van der Waals surface area (Å²) < 4.78 is 0. The molecule has 0 unspecified atom stereocenters. The highest BCUT2D eigenvalue weighted by Crippen LogP contribution is 2.14. The lowest BCUT2D eigenvalue weighted by atomic mass is 10.2. The van der Waals surface area contributed by atoms with Gasteiger partial charge in [0.25, 0.3) is 5.69 Å². The number of benzene rings is 1. The molecular formula is C9H9NO2S. The number of nitro groups is 1. The van der Waals surface area contributed by atoms with Crippen LogP contribution >= 0.6 is 11.8 Å². The van der Waals surface area contributed by atoms with E-state index in [1.165, 1.54) is 6.07 Å². The van der Waals surface area contributed by atoms with Crippen LogP contribution in [0.25, 0.3) is 6.08 Å². The van der Waals surface area contributed by atoms with E-state index < -0.39 is 4.92 Å². The maximum Gasteiger partial charge on any atom is 0.270 e. The average Bonchev–Trinajstić information content (AvgIpc) is 2.15. The third-order valence-electron chi connectivity index (χ3n) is 1.48. The van der Waals surface area contributed by atoms with E-state index in [0.29, 0.717) is 0 Å². The monoisotopic (exact) mass is 195 g/mol. The van der Waals surface area contributed by atoms with Crippen molar-refractivity contribution < 1.29 is 4.92 Å². The molecule has 0 atom stereocenters. The maximum atomic E-state index is 10.4. The molecule has 13 heavy (non-hydrogen) atoms. The van der Waals surface area contributed by atoms with Crippen LogP contribution in [-0.2, 0) is 0 Å². The quantitative estimate of drug-likeness (QED) is 0.550. The van der Waals surface area contributed by atoms with Crippen LogP contribution in [0.5, 0.6) is 0 Å². The maximum absolute atomic E-state index is 10.4. The molecule has 0 N–H and O–H groups in total. The molecule has 0 spiro atoms. The molecule has 0 fully saturated rings. The summed E-state index contributed by atoms with van der Waals surface area (Å²) in [4.78, 5) is 10.0. The molecule has 3 nitrogen and oxygen atoms in total. The molecule has 0 heterocycles. The lowest BCUT2D eigenvalue weighted by Crippen LogP contribution is -1.87. The lowest BCUT2D eigenvalue weighted by Gasteiger charge is -1.93. The van der Waals surface area contributed by atoms with Crippen molar-refractivity contribution in [3.8, 4) is 0 Å². The summed E-state index contributed by atoms with van der Waals surface area (Å²) >= 11 is 1.56. The summed E-state index contributed by atoms with van der Waals surface area (Å²) in [7, 11) is 0. The molecule has 0 amide bonds. The number of nitro benzene ring substituents is 1. The molecule has 4 heteroatoms. The molecule has 0 aromatic heterocycles. The second-order valence-corrected chi connectivity index (χ2v) is 3.13. The fourth-order valence-electron chi connectivity index (χ4n) is 0.889. The molecule has 1 aromatic carbocycles. The predicted molar refractivity (Wildman–Crippen MR) is 55.6 cm³/mol. The van der Waals surface area contributed by atoms with Gasteiger partial charge in [0.15, 0.2) is 0 Å². The standard InChI is InChI=1S/C9H9NO2S/c1-13-6-5-8-3-2-4-9(7-8)10(11)12/h2-7H,1H3/b6-5+. The van der Waals surface area contributed by atoms with Gasteiger partial charge in [-0.2, -0.15) is 0 Å². The first kappa shape index (κ1) is 9.80. The Morgan fingerprint density at radius 2 is 2.31 bits per heavy atom. The second kappa shape index (κ2) is 4.67. The molecule has 0 aliphatic heterocycles. The fraction of sp³-hybridized carbons (Fsp3) is 0.111. The molecule has 68 valence electrons. The van der Waals surface area contributed by atoms with Gasteiger partial charge in [-0.05, 0) is 23.3 Å². The van der Waals surface area contributed by atoms with Gasteiger partial charge < -0.3 is 0 Å². The van der Waals surface area contributed by atoms with E-state index in [-0.39, 0.29) is 5.69 Å². The summed E-state index contributed by atoms with van der Waals surface area (Å²) in [5.74, 6) is 0. The third-order valence-corrected chi connectivity index (χ3v) is 1.89. The zero-order valence-corrected chi connectivity index (χ0v) is 7.95. The van der Waals surface area contributed by atoms with E-state index in [0.717, 1.165) is 5.56 Å². The topological polar surface area (TPSA) is 43.1 Å². The van der Waals surface area contributed by atoms with Crippen LogP contribution in [0.1, 0.15) is 5.56 Å². The first-order valence-corrected chi connectivity index (χ1v) is 4.96. The number of rotatable bonds is 3. The molecule has 1 rings (SSSR count). The van der Waals surface area contributed by atoms with Gasteiger partial charge in [0.05, 0.1) is 4.92 Å². The summed E-state index contributed by atoms with van der Waals surface area (Å²) in [5.41, 5.74) is 0.979. The third kappa shape index (κ3) is 2.91. The van der Waals surface area contributed by atoms with Crippen molar-refractivity contribution in [1.82, 2.24) is 0 Å². The highest BCUT2D eigenvalue weighted by Gasteiger charge is 2.02. The number of hydrogen-bond acceptors (Lipinski definition) is 3. The Labute approximate surface area is 80.6 Å². The van der Waals surface area contributed by atoms with Gasteiger partial charge in [-0.25, -0.2) is 0 Å². The number of nitrogens with zero attached hydrogens (tertiary/aromatic N) is 1. The van der Waals surface area contributed by atoms with Crippen LogP contribution in [0.4, 0.5) is 5.69 Å². The summed E-state index contributed by atoms with van der Waals surface area (Å²) in [6.07, 6.45) is 3.78. The van der Waals surface area contributed by atoms with Gasteiger partial charge in [-0.3, -0.25) is 10.1 Å². The minimum atomic E-state index is -0.392. The van der Waals surface area contributed by atoms with Gasteiger partial charge in [-0.1, -0.05) is 12.1 Å². The van der Waals surface area contributed by atoms with E-state index in [1.54, 1.807) is 23.9 Å². The summed E-state index contributed by atoms with van der Waals surface area (Å²) in [6, 6.07) is 6.54. The lowest BCUT2D eigenvalue weighted by molar-refractivity contribution is -0.384. The van der Waals surface area contributed by atoms with Crippen LogP contribution in [0.3, 0.4) is 0 Å². The van der Waals surface area contributed by atoms with Crippen molar-refractivity contribution in [3.05, 3.63) is 45.4 Å². The minimum Gasteiger partial charge on any atom is -0.258 e. The van der Waals surface area contributed by atoms with Crippen LogP contribution in [-0.4, -0.2) is 11.2 Å². The Balaban J connectivity index is 2.92. The Bertz CT molecular complexity index is 336. The first-order chi connectivity index (χ1) is 6.24. The smallest absolute Gasteiger partial charge is 0.258 e. The van der Waals surface area contributed by atoms with Gasteiger partial charge in [0, 0.05) is 12.1 Å². The van der Waals surface area contributed by atoms with Crippen molar-refractivity contribution in [2.75, 3.05) is 6.26 Å². The van der Waals surface area contributed by atoms with Gasteiger partial charge >= 0.3 is 0 Å². The molecule has 0 aliphatic rings. The van der Waals surface area contributed by atoms with Gasteiger partial charge in [-0.15, -0.1) is 11.8 Å². The number of thioether (sulfide) groups is 1. The van der Waals surface area contributed by atoms with Crippen LogP contribution < -0.4 is 0 Å². The Morgan fingerprint density at radius 1 is 1.54 bits per heavy atom. The molecular weight excluding hydrogens is 186 g/mol.